The third kappa shape index (κ3) is 7.19. The quantitative estimate of drug-likeness (QED) is 0.328. The zero-order valence-electron chi connectivity index (χ0n) is 14.4. The van der Waals surface area contributed by atoms with Crippen LogP contribution in [-0.4, -0.2) is 44.1 Å². The van der Waals surface area contributed by atoms with Crippen molar-refractivity contribution < 1.29 is 56.7 Å². The third-order valence-corrected chi connectivity index (χ3v) is 5.66. The van der Waals surface area contributed by atoms with Gasteiger partial charge in [0.2, 0.25) is 0 Å². The Morgan fingerprint density at radius 2 is 2.00 bits per heavy atom. The van der Waals surface area contributed by atoms with Gasteiger partial charge in [-0.2, -0.15) is 0 Å². The summed E-state index contributed by atoms with van der Waals surface area (Å²) in [6.45, 7) is 4.94. The second-order valence-electron chi connectivity index (χ2n) is 6.10. The van der Waals surface area contributed by atoms with Crippen molar-refractivity contribution in [3.8, 4) is 11.5 Å². The molecular formula is C15H23NaO6S2. The Kier molecular flexibility index (Phi) is 9.58. The van der Waals surface area contributed by atoms with Gasteiger partial charge in [-0.25, -0.2) is 8.42 Å². The van der Waals surface area contributed by atoms with Crippen molar-refractivity contribution in [3.63, 3.8) is 0 Å². The minimum atomic E-state index is -4.28. The molecule has 2 atom stereocenters. The van der Waals surface area contributed by atoms with E-state index in [1.807, 2.05) is 24.6 Å². The van der Waals surface area contributed by atoms with Crippen molar-refractivity contribution in [2.75, 3.05) is 19.8 Å². The molecular weight excluding hydrogens is 363 g/mol. The van der Waals surface area contributed by atoms with Crippen LogP contribution in [0.15, 0.2) is 10.8 Å². The number of ether oxygens (including phenoxy) is 3. The van der Waals surface area contributed by atoms with Crippen LogP contribution in [0.2, 0.25) is 0 Å². The Morgan fingerprint density at radius 1 is 1.29 bits per heavy atom. The third-order valence-electron chi connectivity index (χ3n) is 3.67. The smallest absolute Gasteiger partial charge is 0.748 e. The maximum atomic E-state index is 11.3. The monoisotopic (exact) mass is 386 g/mol. The van der Waals surface area contributed by atoms with Crippen LogP contribution >= 0.6 is 11.3 Å². The number of thiophene rings is 1. The number of hydrogen-bond donors (Lipinski definition) is 0. The van der Waals surface area contributed by atoms with Crippen molar-refractivity contribution in [2.45, 2.75) is 44.5 Å². The minimum Gasteiger partial charge on any atom is -0.748 e. The topological polar surface area (TPSA) is 84.9 Å². The molecule has 2 rings (SSSR count). The van der Waals surface area contributed by atoms with Gasteiger partial charge in [0.05, 0.1) is 22.0 Å². The number of rotatable bonds is 9. The van der Waals surface area contributed by atoms with Crippen LogP contribution in [0, 0.1) is 5.92 Å². The Balaban J connectivity index is 0.00000288. The van der Waals surface area contributed by atoms with Gasteiger partial charge in [0.1, 0.15) is 6.61 Å². The van der Waals surface area contributed by atoms with E-state index >= 15 is 0 Å². The Bertz CT molecular complexity index is 587. The molecule has 1 aliphatic rings. The summed E-state index contributed by atoms with van der Waals surface area (Å²) in [4.78, 5) is 0. The molecule has 1 aromatic heterocycles. The van der Waals surface area contributed by atoms with E-state index in [-0.39, 0.29) is 48.7 Å². The fourth-order valence-corrected chi connectivity index (χ4v) is 3.81. The van der Waals surface area contributed by atoms with Gasteiger partial charge in [0.25, 0.3) is 0 Å². The van der Waals surface area contributed by atoms with Crippen molar-refractivity contribution >= 4 is 21.5 Å². The second kappa shape index (κ2) is 10.4. The van der Waals surface area contributed by atoms with Gasteiger partial charge in [0, 0.05) is 17.4 Å². The maximum Gasteiger partial charge on any atom is 1.00 e. The summed E-state index contributed by atoms with van der Waals surface area (Å²) in [5.41, 5.74) is 0. The molecule has 1 aliphatic heterocycles. The van der Waals surface area contributed by atoms with Crippen LogP contribution < -0.4 is 39.0 Å². The molecule has 0 amide bonds. The average Bonchev–Trinajstić information content (AvgIpc) is 2.92. The van der Waals surface area contributed by atoms with E-state index in [1.54, 1.807) is 0 Å². The first-order valence-electron chi connectivity index (χ1n) is 7.74. The van der Waals surface area contributed by atoms with Crippen molar-refractivity contribution in [1.82, 2.24) is 0 Å². The van der Waals surface area contributed by atoms with E-state index in [0.29, 0.717) is 37.7 Å². The van der Waals surface area contributed by atoms with Crippen LogP contribution in [0.4, 0.5) is 0 Å². The summed E-state index contributed by atoms with van der Waals surface area (Å²) in [5.74, 6) is 1.83. The van der Waals surface area contributed by atoms with E-state index in [0.717, 1.165) is 5.75 Å². The van der Waals surface area contributed by atoms with E-state index in [9.17, 15) is 13.0 Å². The summed E-state index contributed by atoms with van der Waals surface area (Å²) in [5, 5.41) is 2.87. The largest absolute Gasteiger partial charge is 1.00 e. The first kappa shape index (κ1) is 22.2. The maximum absolute atomic E-state index is 11.3. The zero-order valence-corrected chi connectivity index (χ0v) is 18.0. The Labute approximate surface area is 169 Å². The van der Waals surface area contributed by atoms with E-state index in [1.165, 1.54) is 11.3 Å². The van der Waals surface area contributed by atoms with Crippen LogP contribution in [-0.2, 0) is 14.9 Å². The summed E-state index contributed by atoms with van der Waals surface area (Å²) >= 11 is 1.51. The molecule has 0 aromatic carbocycles. The predicted molar refractivity (Wildman–Crippen MR) is 87.2 cm³/mol. The molecule has 0 spiro atoms. The van der Waals surface area contributed by atoms with E-state index in [4.69, 9.17) is 14.2 Å². The van der Waals surface area contributed by atoms with Gasteiger partial charge in [-0.15, -0.1) is 11.3 Å². The number of hydrogen-bond acceptors (Lipinski definition) is 7. The summed E-state index contributed by atoms with van der Waals surface area (Å²) in [6.07, 6.45) is 1.10. The normalized spacial score (nSPS) is 18.2. The predicted octanol–water partition coefficient (Wildman–Crippen LogP) is -0.351. The molecule has 1 aromatic rings. The van der Waals surface area contributed by atoms with Gasteiger partial charge >= 0.3 is 29.6 Å². The Morgan fingerprint density at radius 3 is 2.67 bits per heavy atom. The fourth-order valence-electron chi connectivity index (χ4n) is 2.33. The van der Waals surface area contributed by atoms with E-state index in [2.05, 4.69) is 0 Å². The molecule has 132 valence electrons. The molecule has 0 fully saturated rings. The molecule has 0 aliphatic carbocycles. The Hall–Kier alpha value is 0.170. The van der Waals surface area contributed by atoms with Gasteiger partial charge < -0.3 is 18.8 Å². The van der Waals surface area contributed by atoms with Crippen LogP contribution in [0.1, 0.15) is 33.1 Å². The van der Waals surface area contributed by atoms with Crippen LogP contribution in [0.3, 0.4) is 0 Å². The van der Waals surface area contributed by atoms with Crippen LogP contribution in [0.5, 0.6) is 11.5 Å². The number of fused-ring (bicyclic) bond motifs is 1. The molecule has 0 radical (unpaired) electrons. The standard InChI is InChI=1S/C15H24O6S2.Na/c1-11(2)3-4-13(23(16,17)18)5-6-19-7-12-8-20-14-9-22-10-15(14)21-12;/h9-13H,3-8H2,1-2H3,(H,16,17,18);/q;+1/p-1. The SMILES string of the molecule is CC(C)CCC(CCOCC1COc2cscc2O1)S(=O)(=O)[O-].[Na+]. The van der Waals surface area contributed by atoms with Gasteiger partial charge in [-0.05, 0) is 25.2 Å². The average molecular weight is 386 g/mol. The molecule has 0 saturated carbocycles. The van der Waals surface area contributed by atoms with Gasteiger partial charge in [-0.3, -0.25) is 0 Å². The van der Waals surface area contributed by atoms with E-state index < -0.39 is 15.4 Å². The molecule has 0 bridgehead atoms. The molecule has 2 unspecified atom stereocenters. The summed E-state index contributed by atoms with van der Waals surface area (Å²) in [7, 11) is -4.28. The molecule has 2 heterocycles. The summed E-state index contributed by atoms with van der Waals surface area (Å²) < 4.78 is 50.6. The molecule has 0 saturated heterocycles. The van der Waals surface area contributed by atoms with Crippen LogP contribution in [0.25, 0.3) is 0 Å². The molecule has 9 heteroatoms. The fraction of sp³-hybridized carbons (Fsp3) is 0.733. The second-order valence-corrected chi connectivity index (χ2v) is 8.50. The molecule has 6 nitrogen and oxygen atoms in total. The minimum absolute atomic E-state index is 0. The molecule has 24 heavy (non-hydrogen) atoms. The summed E-state index contributed by atoms with van der Waals surface area (Å²) in [6, 6.07) is 0. The van der Waals surface area contributed by atoms with Gasteiger partial charge in [0.15, 0.2) is 17.6 Å². The first-order chi connectivity index (χ1) is 10.9. The zero-order chi connectivity index (χ0) is 16.9. The van der Waals surface area contributed by atoms with Crippen molar-refractivity contribution in [1.29, 1.82) is 0 Å². The van der Waals surface area contributed by atoms with Crippen molar-refractivity contribution in [3.05, 3.63) is 10.8 Å². The first-order valence-corrected chi connectivity index (χ1v) is 10.2. The van der Waals surface area contributed by atoms with Gasteiger partial charge in [-0.1, -0.05) is 13.8 Å². The van der Waals surface area contributed by atoms with Crippen molar-refractivity contribution in [2.24, 2.45) is 5.92 Å². The molecule has 0 N–H and O–H groups in total.